The van der Waals surface area contributed by atoms with Crippen LogP contribution in [0.25, 0.3) is 6.08 Å². The van der Waals surface area contributed by atoms with Crippen LogP contribution in [0.15, 0.2) is 103 Å². The van der Waals surface area contributed by atoms with Crippen LogP contribution >= 0.6 is 0 Å². The summed E-state index contributed by atoms with van der Waals surface area (Å²) in [4.78, 5) is 0. The lowest BCUT2D eigenvalue weighted by molar-refractivity contribution is 0.867. The SMILES string of the molecule is CC1=Cc2ccccc2[C]1[Si](c1cccc(C(C)C)c1)(c1cccc(C(C)C)c1)c1cccc(C(C)C)c1. The Kier molecular flexibility index (Phi) is 7.33. The highest BCUT2D eigenvalue weighted by molar-refractivity contribution is 7.16. The van der Waals surface area contributed by atoms with Crippen molar-refractivity contribution in [3.05, 3.63) is 136 Å². The molecule has 1 aliphatic rings. The van der Waals surface area contributed by atoms with Crippen LogP contribution < -0.4 is 15.6 Å². The molecule has 0 saturated carbocycles. The standard InChI is InChI=1S/C37H41Si/c1-25(2)29-14-10-17-33(22-29)38(34-18-11-15-30(23-34)26(3)4,35-19-12-16-31(24-35)27(5)6)37-28(7)21-32-13-8-9-20-36(32)37/h8-27H,1-7H3. The largest absolute Gasteiger partial charge is 0.163 e. The van der Waals surface area contributed by atoms with Gasteiger partial charge in [0.25, 0.3) is 0 Å². The highest BCUT2D eigenvalue weighted by Gasteiger charge is 2.50. The summed E-state index contributed by atoms with van der Waals surface area (Å²) in [6.07, 6.45) is 2.41. The molecule has 0 amide bonds. The van der Waals surface area contributed by atoms with Crippen molar-refractivity contribution in [3.63, 3.8) is 0 Å². The average Bonchev–Trinajstić information content (AvgIpc) is 3.26. The molecule has 0 spiro atoms. The van der Waals surface area contributed by atoms with Gasteiger partial charge in [0, 0.05) is 5.54 Å². The summed E-state index contributed by atoms with van der Waals surface area (Å²) >= 11 is 0. The minimum atomic E-state index is -2.69. The summed E-state index contributed by atoms with van der Waals surface area (Å²) < 4.78 is 0. The molecule has 4 aromatic rings. The number of benzene rings is 4. The fourth-order valence-electron chi connectivity index (χ4n) is 6.19. The van der Waals surface area contributed by atoms with Gasteiger partial charge in [0.05, 0.1) is 0 Å². The van der Waals surface area contributed by atoms with E-state index in [-0.39, 0.29) is 0 Å². The van der Waals surface area contributed by atoms with E-state index in [1.165, 1.54) is 54.5 Å². The van der Waals surface area contributed by atoms with Crippen LogP contribution in [0.4, 0.5) is 0 Å². The molecule has 0 saturated heterocycles. The maximum atomic E-state index is 2.53. The summed E-state index contributed by atoms with van der Waals surface area (Å²) in [5.74, 6) is 1.43. The minimum Gasteiger partial charge on any atom is -0.0628 e. The van der Waals surface area contributed by atoms with Gasteiger partial charge in [-0.25, -0.2) is 0 Å². The van der Waals surface area contributed by atoms with E-state index in [1.54, 1.807) is 0 Å². The van der Waals surface area contributed by atoms with Gasteiger partial charge < -0.3 is 0 Å². The van der Waals surface area contributed by atoms with Crippen LogP contribution in [-0.2, 0) is 0 Å². The second-order valence-electron chi connectivity index (χ2n) is 11.9. The van der Waals surface area contributed by atoms with Crippen LogP contribution in [0.1, 0.15) is 94.0 Å². The lowest BCUT2D eigenvalue weighted by Gasteiger charge is -2.41. The lowest BCUT2D eigenvalue weighted by atomic mass is 10.0. The summed E-state index contributed by atoms with van der Waals surface area (Å²) in [6, 6.07) is 37.7. The first-order valence-corrected chi connectivity index (χ1v) is 16.2. The molecule has 0 heterocycles. The van der Waals surface area contributed by atoms with Crippen molar-refractivity contribution in [2.45, 2.75) is 66.2 Å². The summed E-state index contributed by atoms with van der Waals surface area (Å²) in [5, 5.41) is 4.43. The van der Waals surface area contributed by atoms with Crippen molar-refractivity contribution in [1.29, 1.82) is 0 Å². The molecule has 0 aliphatic heterocycles. The number of hydrogen-bond acceptors (Lipinski definition) is 0. The number of allylic oxidation sites excluding steroid dienone is 1. The molecule has 4 aromatic carbocycles. The van der Waals surface area contributed by atoms with Gasteiger partial charge in [-0.15, -0.1) is 0 Å². The lowest BCUT2D eigenvalue weighted by Crippen LogP contribution is -2.71. The molecule has 0 atom stereocenters. The summed E-state index contributed by atoms with van der Waals surface area (Å²) in [5.41, 5.74) is 9.91. The van der Waals surface area contributed by atoms with Gasteiger partial charge in [0.15, 0.2) is 8.07 Å². The van der Waals surface area contributed by atoms with Gasteiger partial charge in [-0.3, -0.25) is 0 Å². The Hall–Kier alpha value is -3.16. The number of fused-ring (bicyclic) bond motifs is 1. The molecule has 1 heteroatoms. The Morgan fingerprint density at radius 1 is 0.500 bits per heavy atom. The van der Waals surface area contributed by atoms with E-state index in [2.05, 4.69) is 152 Å². The fraction of sp³-hybridized carbons (Fsp3) is 0.270. The van der Waals surface area contributed by atoms with E-state index in [0.29, 0.717) is 17.8 Å². The number of rotatable bonds is 7. The second kappa shape index (κ2) is 10.5. The van der Waals surface area contributed by atoms with Gasteiger partial charge >= 0.3 is 0 Å². The Morgan fingerprint density at radius 2 is 0.921 bits per heavy atom. The van der Waals surface area contributed by atoms with E-state index >= 15 is 0 Å². The summed E-state index contributed by atoms with van der Waals surface area (Å²) in [6.45, 7) is 16.2. The molecule has 38 heavy (non-hydrogen) atoms. The van der Waals surface area contributed by atoms with Crippen LogP contribution in [0.2, 0.25) is 0 Å². The van der Waals surface area contributed by atoms with E-state index in [4.69, 9.17) is 0 Å². The monoisotopic (exact) mass is 513 g/mol. The van der Waals surface area contributed by atoms with Gasteiger partial charge in [-0.2, -0.15) is 0 Å². The van der Waals surface area contributed by atoms with Gasteiger partial charge in [-0.1, -0.05) is 150 Å². The first-order chi connectivity index (χ1) is 18.2. The summed E-state index contributed by atoms with van der Waals surface area (Å²) in [7, 11) is -2.69. The first-order valence-electron chi connectivity index (χ1n) is 14.2. The highest BCUT2D eigenvalue weighted by Crippen LogP contribution is 2.41. The van der Waals surface area contributed by atoms with Gasteiger partial charge in [0.2, 0.25) is 0 Å². The molecule has 5 rings (SSSR count). The fourth-order valence-corrected chi connectivity index (χ4v) is 11.5. The van der Waals surface area contributed by atoms with E-state index in [1.807, 2.05) is 0 Å². The van der Waals surface area contributed by atoms with Crippen molar-refractivity contribution in [2.24, 2.45) is 0 Å². The molecule has 0 nitrogen and oxygen atoms in total. The Bertz CT molecular complexity index is 1340. The molecular formula is C37H41Si. The molecule has 1 radical (unpaired) electrons. The molecular weight excluding hydrogens is 472 g/mol. The van der Waals surface area contributed by atoms with Crippen LogP contribution in [0.3, 0.4) is 0 Å². The Morgan fingerprint density at radius 3 is 1.34 bits per heavy atom. The zero-order chi connectivity index (χ0) is 27.0. The average molecular weight is 514 g/mol. The van der Waals surface area contributed by atoms with Gasteiger partial charge in [0.1, 0.15) is 0 Å². The zero-order valence-electron chi connectivity index (χ0n) is 24.0. The van der Waals surface area contributed by atoms with Crippen molar-refractivity contribution < 1.29 is 0 Å². The van der Waals surface area contributed by atoms with E-state index in [0.717, 1.165) is 0 Å². The van der Waals surface area contributed by atoms with Crippen LogP contribution in [0.5, 0.6) is 0 Å². The third-order valence-corrected chi connectivity index (χ3v) is 13.3. The molecule has 0 fully saturated rings. The smallest absolute Gasteiger partial charge is 0.0628 e. The normalized spacial score (nSPS) is 13.9. The zero-order valence-corrected chi connectivity index (χ0v) is 25.0. The molecule has 0 unspecified atom stereocenters. The maximum absolute atomic E-state index is 2.69. The minimum absolute atomic E-state index is 0.475. The molecule has 0 N–H and O–H groups in total. The Balaban J connectivity index is 1.95. The van der Waals surface area contributed by atoms with Crippen molar-refractivity contribution in [3.8, 4) is 0 Å². The third-order valence-electron chi connectivity index (χ3n) is 8.33. The van der Waals surface area contributed by atoms with Crippen LogP contribution in [0, 0.1) is 5.54 Å². The van der Waals surface area contributed by atoms with Crippen molar-refractivity contribution >= 4 is 29.7 Å². The van der Waals surface area contributed by atoms with E-state index < -0.39 is 8.07 Å². The van der Waals surface area contributed by atoms with Crippen molar-refractivity contribution in [2.75, 3.05) is 0 Å². The van der Waals surface area contributed by atoms with E-state index in [9.17, 15) is 0 Å². The first kappa shape index (κ1) is 26.4. The second-order valence-corrected chi connectivity index (χ2v) is 15.6. The highest BCUT2D eigenvalue weighted by atomic mass is 28.3. The molecule has 1 aliphatic carbocycles. The predicted molar refractivity (Wildman–Crippen MR) is 169 cm³/mol. The number of hydrogen-bond donors (Lipinski definition) is 0. The third kappa shape index (κ3) is 4.52. The molecule has 0 aromatic heterocycles. The topological polar surface area (TPSA) is 0 Å². The molecule has 193 valence electrons. The predicted octanol–water partition coefficient (Wildman–Crippen LogP) is 8.11. The molecule has 0 bridgehead atoms. The Labute approximate surface area is 231 Å². The van der Waals surface area contributed by atoms with Crippen LogP contribution in [-0.4, -0.2) is 8.07 Å². The maximum Gasteiger partial charge on any atom is 0.163 e. The van der Waals surface area contributed by atoms with Crippen molar-refractivity contribution in [1.82, 2.24) is 0 Å². The van der Waals surface area contributed by atoms with Gasteiger partial charge in [-0.05, 0) is 68.1 Å². The quantitative estimate of drug-likeness (QED) is 0.173.